The number of carbonyl (C=O) groups excluding carboxylic acids is 1. The molecule has 5 heteroatoms. The number of phenols is 1. The minimum absolute atomic E-state index is 0.0643. The molecule has 16 heavy (non-hydrogen) atoms. The average molecular weight is 223 g/mol. The topological polar surface area (TPSA) is 70.3 Å². The van der Waals surface area contributed by atoms with Crippen LogP contribution in [-0.4, -0.2) is 17.7 Å². The Balaban J connectivity index is 3.04. The fourth-order valence-electron chi connectivity index (χ4n) is 1.26. The van der Waals surface area contributed by atoms with E-state index in [1.165, 1.54) is 0 Å². The van der Waals surface area contributed by atoms with Gasteiger partial charge in [-0.1, -0.05) is 0 Å². The van der Waals surface area contributed by atoms with Crippen LogP contribution in [0.3, 0.4) is 0 Å². The molecule has 0 atom stereocenters. The number of rotatable bonds is 3. The number of aromatic hydroxyl groups is 1. The minimum Gasteiger partial charge on any atom is -0.508 e. The lowest BCUT2D eigenvalue weighted by Gasteiger charge is -2.06. The molecule has 1 N–H and O–H groups in total. The normalized spacial score (nSPS) is 9.56. The minimum atomic E-state index is -0.721. The van der Waals surface area contributed by atoms with Crippen molar-refractivity contribution < 1.29 is 19.0 Å². The molecule has 4 nitrogen and oxygen atoms in total. The van der Waals surface area contributed by atoms with E-state index in [2.05, 4.69) is 4.74 Å². The van der Waals surface area contributed by atoms with E-state index < -0.39 is 17.5 Å². The van der Waals surface area contributed by atoms with Crippen LogP contribution in [0.4, 0.5) is 4.39 Å². The maximum atomic E-state index is 12.9. The van der Waals surface area contributed by atoms with Gasteiger partial charge in [-0.3, -0.25) is 4.79 Å². The van der Waals surface area contributed by atoms with Gasteiger partial charge in [0.1, 0.15) is 11.6 Å². The number of benzene rings is 1. The summed E-state index contributed by atoms with van der Waals surface area (Å²) >= 11 is 0. The quantitative estimate of drug-likeness (QED) is 0.788. The highest BCUT2D eigenvalue weighted by Gasteiger charge is 2.14. The molecule has 0 amide bonds. The molecule has 1 rings (SSSR count). The third-order valence-electron chi connectivity index (χ3n) is 1.94. The lowest BCUT2D eigenvalue weighted by molar-refractivity contribution is -0.142. The number of carbonyl (C=O) groups is 1. The number of esters is 1. The Hall–Kier alpha value is -2.09. The van der Waals surface area contributed by atoms with Gasteiger partial charge in [-0.15, -0.1) is 0 Å². The Morgan fingerprint density at radius 1 is 1.62 bits per heavy atom. The maximum absolute atomic E-state index is 12.9. The summed E-state index contributed by atoms with van der Waals surface area (Å²) in [6.07, 6.45) is -0.247. The molecule has 84 valence electrons. The summed E-state index contributed by atoms with van der Waals surface area (Å²) in [5.74, 6) is -1.70. The molecule has 0 heterocycles. The molecule has 0 aliphatic heterocycles. The molecule has 0 bridgehead atoms. The number of nitriles is 1. The van der Waals surface area contributed by atoms with E-state index in [0.717, 1.165) is 12.1 Å². The number of halogens is 1. The lowest BCUT2D eigenvalue weighted by atomic mass is 10.0. The molecular formula is C11H10FNO3. The predicted molar refractivity (Wildman–Crippen MR) is 53.1 cm³/mol. The summed E-state index contributed by atoms with van der Waals surface area (Å²) in [6, 6.07) is 3.54. The molecule has 1 aromatic rings. The second-order valence-corrected chi connectivity index (χ2v) is 3.04. The first-order chi connectivity index (χ1) is 7.58. The van der Waals surface area contributed by atoms with Gasteiger partial charge in [0.05, 0.1) is 24.7 Å². The Kier molecular flexibility index (Phi) is 3.84. The van der Waals surface area contributed by atoms with Crippen molar-refractivity contribution in [2.24, 2.45) is 0 Å². The van der Waals surface area contributed by atoms with E-state index in [1.54, 1.807) is 13.0 Å². The molecular weight excluding hydrogens is 213 g/mol. The van der Waals surface area contributed by atoms with Gasteiger partial charge in [0.2, 0.25) is 0 Å². The summed E-state index contributed by atoms with van der Waals surface area (Å²) in [6.45, 7) is 1.86. The predicted octanol–water partition coefficient (Wildman–Crippen LogP) is 1.51. The van der Waals surface area contributed by atoms with E-state index in [4.69, 9.17) is 5.26 Å². The molecule has 0 saturated carbocycles. The highest BCUT2D eigenvalue weighted by molar-refractivity contribution is 5.74. The van der Waals surface area contributed by atoms with Crippen LogP contribution >= 0.6 is 0 Å². The Morgan fingerprint density at radius 2 is 2.31 bits per heavy atom. The molecule has 0 saturated heterocycles. The second-order valence-electron chi connectivity index (χ2n) is 3.04. The Morgan fingerprint density at radius 3 is 2.88 bits per heavy atom. The van der Waals surface area contributed by atoms with Crippen LogP contribution in [0.5, 0.6) is 5.75 Å². The van der Waals surface area contributed by atoms with Crippen LogP contribution in [0, 0.1) is 17.1 Å². The third kappa shape index (κ3) is 2.70. The van der Waals surface area contributed by atoms with Gasteiger partial charge >= 0.3 is 5.97 Å². The number of phenolic OH excluding ortho intramolecular Hbond substituents is 1. The second kappa shape index (κ2) is 5.12. The Bertz CT molecular complexity index is 451. The largest absolute Gasteiger partial charge is 0.508 e. The van der Waals surface area contributed by atoms with E-state index in [1.807, 2.05) is 0 Å². The maximum Gasteiger partial charge on any atom is 0.310 e. The van der Waals surface area contributed by atoms with Crippen molar-refractivity contribution in [2.75, 3.05) is 6.61 Å². The molecule has 0 aliphatic carbocycles. The van der Waals surface area contributed by atoms with Crippen LogP contribution in [0.2, 0.25) is 0 Å². The molecule has 0 fully saturated rings. The summed E-state index contributed by atoms with van der Waals surface area (Å²) < 4.78 is 17.5. The standard InChI is InChI=1S/C11H10FNO3/c1-2-16-11(15)5-9-7(6-13)3-8(12)4-10(9)14/h3-4,14H,2,5H2,1H3. The summed E-state index contributed by atoms with van der Waals surface area (Å²) in [5, 5.41) is 18.2. The highest BCUT2D eigenvalue weighted by Crippen LogP contribution is 2.23. The molecule has 0 aromatic heterocycles. The fourth-order valence-corrected chi connectivity index (χ4v) is 1.26. The number of ether oxygens (including phenoxy) is 1. The fraction of sp³-hybridized carbons (Fsp3) is 0.273. The SMILES string of the molecule is CCOC(=O)Cc1c(O)cc(F)cc1C#N. The smallest absolute Gasteiger partial charge is 0.310 e. The van der Waals surface area contributed by atoms with Crippen molar-refractivity contribution in [3.63, 3.8) is 0 Å². The van der Waals surface area contributed by atoms with Crippen molar-refractivity contribution >= 4 is 5.97 Å². The molecule has 1 aromatic carbocycles. The van der Waals surface area contributed by atoms with Gasteiger partial charge in [-0.2, -0.15) is 5.26 Å². The zero-order valence-corrected chi connectivity index (χ0v) is 8.66. The van der Waals surface area contributed by atoms with Gasteiger partial charge < -0.3 is 9.84 Å². The molecule has 0 radical (unpaired) electrons. The van der Waals surface area contributed by atoms with Crippen molar-refractivity contribution in [2.45, 2.75) is 13.3 Å². The van der Waals surface area contributed by atoms with Crippen LogP contribution in [-0.2, 0) is 16.0 Å². The van der Waals surface area contributed by atoms with Gasteiger partial charge in [0.25, 0.3) is 0 Å². The van der Waals surface area contributed by atoms with E-state index in [0.29, 0.717) is 0 Å². The van der Waals surface area contributed by atoms with Gasteiger partial charge in [0.15, 0.2) is 0 Å². The third-order valence-corrected chi connectivity index (χ3v) is 1.94. The summed E-state index contributed by atoms with van der Waals surface area (Å²) in [7, 11) is 0. The van der Waals surface area contributed by atoms with Crippen molar-refractivity contribution in [3.05, 3.63) is 29.1 Å². The zero-order valence-electron chi connectivity index (χ0n) is 8.66. The first kappa shape index (κ1) is 12.0. The van der Waals surface area contributed by atoms with Crippen molar-refractivity contribution in [1.82, 2.24) is 0 Å². The van der Waals surface area contributed by atoms with Crippen molar-refractivity contribution in [3.8, 4) is 11.8 Å². The highest BCUT2D eigenvalue weighted by atomic mass is 19.1. The van der Waals surface area contributed by atoms with Gasteiger partial charge in [-0.05, 0) is 13.0 Å². The van der Waals surface area contributed by atoms with Crippen LogP contribution < -0.4 is 0 Å². The lowest BCUT2D eigenvalue weighted by Crippen LogP contribution is -2.09. The van der Waals surface area contributed by atoms with Crippen LogP contribution in [0.15, 0.2) is 12.1 Å². The van der Waals surface area contributed by atoms with Crippen LogP contribution in [0.1, 0.15) is 18.1 Å². The van der Waals surface area contributed by atoms with E-state index >= 15 is 0 Å². The monoisotopic (exact) mass is 223 g/mol. The average Bonchev–Trinajstić information content (AvgIpc) is 2.22. The Labute approximate surface area is 91.9 Å². The van der Waals surface area contributed by atoms with Gasteiger partial charge in [0, 0.05) is 11.6 Å². The molecule has 0 aliphatic rings. The van der Waals surface area contributed by atoms with Crippen LogP contribution in [0.25, 0.3) is 0 Å². The molecule has 0 unspecified atom stereocenters. The number of nitrogens with zero attached hydrogens (tertiary/aromatic N) is 1. The van der Waals surface area contributed by atoms with Gasteiger partial charge in [-0.25, -0.2) is 4.39 Å². The first-order valence-electron chi connectivity index (χ1n) is 4.65. The first-order valence-corrected chi connectivity index (χ1v) is 4.65. The van der Waals surface area contributed by atoms with E-state index in [9.17, 15) is 14.3 Å². The van der Waals surface area contributed by atoms with E-state index in [-0.39, 0.29) is 24.2 Å². The molecule has 0 spiro atoms. The zero-order chi connectivity index (χ0) is 12.1. The number of hydrogen-bond acceptors (Lipinski definition) is 4. The number of hydrogen-bond donors (Lipinski definition) is 1. The summed E-state index contributed by atoms with van der Waals surface area (Å²) in [4.78, 5) is 11.2. The summed E-state index contributed by atoms with van der Waals surface area (Å²) in [5.41, 5.74) is 0.0212. The van der Waals surface area contributed by atoms with Crippen molar-refractivity contribution in [1.29, 1.82) is 5.26 Å².